The molecule has 2 aliphatic heterocycles. The lowest BCUT2D eigenvalue weighted by Crippen LogP contribution is -2.34. The summed E-state index contributed by atoms with van der Waals surface area (Å²) in [5.74, 6) is -0.0236. The van der Waals surface area contributed by atoms with Crippen LogP contribution in [0.2, 0.25) is 0 Å². The second-order valence-electron chi connectivity index (χ2n) is 5.99. The normalized spacial score (nSPS) is 25.8. The Labute approximate surface area is 116 Å². The number of carbonyl (C=O) groups is 1. The Morgan fingerprint density at radius 2 is 2.00 bits per heavy atom. The minimum atomic E-state index is -0.654. The summed E-state index contributed by atoms with van der Waals surface area (Å²) in [5.41, 5.74) is 0. The number of aliphatic carboxylic acids is 1. The van der Waals surface area contributed by atoms with Gasteiger partial charge in [-0.1, -0.05) is 0 Å². The first-order valence-electron chi connectivity index (χ1n) is 7.80. The number of hydrogen-bond acceptors (Lipinski definition) is 3. The first-order chi connectivity index (χ1) is 9.24. The summed E-state index contributed by atoms with van der Waals surface area (Å²) in [5, 5.41) is 8.69. The molecule has 0 saturated carbocycles. The van der Waals surface area contributed by atoms with E-state index in [-0.39, 0.29) is 0 Å². The highest BCUT2D eigenvalue weighted by atomic mass is 16.5. The third-order valence-electron chi connectivity index (χ3n) is 4.50. The van der Waals surface area contributed by atoms with Crippen molar-refractivity contribution in [3.05, 3.63) is 0 Å². The number of ether oxygens (including phenoxy) is 1. The highest BCUT2D eigenvalue weighted by molar-refractivity contribution is 5.66. The average Bonchev–Trinajstić information content (AvgIpc) is 2.91. The molecule has 0 aromatic carbocycles. The standard InChI is InChI=1S/C15H27NO3/c17-15(18)6-5-13-7-10-16(11-8-13)9-1-3-14-4-2-12-19-14/h13-14H,1-12H2,(H,17,18). The zero-order valence-electron chi connectivity index (χ0n) is 11.9. The fraction of sp³-hybridized carbons (Fsp3) is 0.933. The summed E-state index contributed by atoms with van der Waals surface area (Å²) < 4.78 is 5.64. The molecule has 110 valence electrons. The van der Waals surface area contributed by atoms with Gasteiger partial charge in [-0.05, 0) is 70.5 Å². The maximum absolute atomic E-state index is 10.6. The van der Waals surface area contributed by atoms with E-state index in [1.165, 1.54) is 45.1 Å². The third kappa shape index (κ3) is 5.49. The molecule has 2 saturated heterocycles. The summed E-state index contributed by atoms with van der Waals surface area (Å²) in [4.78, 5) is 13.1. The van der Waals surface area contributed by atoms with Gasteiger partial charge in [0.2, 0.25) is 0 Å². The fourth-order valence-electron chi connectivity index (χ4n) is 3.24. The number of nitrogens with zero attached hydrogens (tertiary/aromatic N) is 1. The maximum atomic E-state index is 10.6. The predicted molar refractivity (Wildman–Crippen MR) is 74.2 cm³/mol. The number of likely N-dealkylation sites (tertiary alicyclic amines) is 1. The lowest BCUT2D eigenvalue weighted by molar-refractivity contribution is -0.137. The van der Waals surface area contributed by atoms with Crippen LogP contribution in [-0.2, 0) is 9.53 Å². The average molecular weight is 269 g/mol. The van der Waals surface area contributed by atoms with E-state index in [0.29, 0.717) is 18.4 Å². The lowest BCUT2D eigenvalue weighted by Gasteiger charge is -2.31. The number of carboxylic acid groups (broad SMARTS) is 1. The second kappa shape index (κ2) is 7.85. The third-order valence-corrected chi connectivity index (χ3v) is 4.50. The van der Waals surface area contributed by atoms with Crippen molar-refractivity contribution in [1.82, 2.24) is 4.90 Å². The lowest BCUT2D eigenvalue weighted by atomic mass is 9.92. The van der Waals surface area contributed by atoms with E-state index in [0.717, 1.165) is 26.1 Å². The molecule has 0 aromatic rings. The van der Waals surface area contributed by atoms with Crippen molar-refractivity contribution < 1.29 is 14.6 Å². The van der Waals surface area contributed by atoms with Gasteiger partial charge in [0, 0.05) is 13.0 Å². The summed E-state index contributed by atoms with van der Waals surface area (Å²) in [6, 6.07) is 0. The van der Waals surface area contributed by atoms with Crippen molar-refractivity contribution in [3.63, 3.8) is 0 Å². The molecule has 0 radical (unpaired) electrons. The van der Waals surface area contributed by atoms with Crippen LogP contribution in [0.4, 0.5) is 0 Å². The predicted octanol–water partition coefficient (Wildman–Crippen LogP) is 2.52. The molecular formula is C15H27NO3. The summed E-state index contributed by atoms with van der Waals surface area (Å²) >= 11 is 0. The Bertz CT molecular complexity index is 269. The SMILES string of the molecule is O=C(O)CCC1CCN(CCCC2CCCO2)CC1. The Morgan fingerprint density at radius 1 is 1.21 bits per heavy atom. The molecule has 2 fully saturated rings. The van der Waals surface area contributed by atoms with E-state index in [1.54, 1.807) is 0 Å². The van der Waals surface area contributed by atoms with Crippen LogP contribution in [0.3, 0.4) is 0 Å². The number of carboxylic acids is 1. The molecule has 1 unspecified atom stereocenters. The second-order valence-corrected chi connectivity index (χ2v) is 5.99. The summed E-state index contributed by atoms with van der Waals surface area (Å²) in [6.07, 6.45) is 9.00. The fourth-order valence-corrected chi connectivity index (χ4v) is 3.24. The minimum Gasteiger partial charge on any atom is -0.481 e. The van der Waals surface area contributed by atoms with Gasteiger partial charge in [-0.15, -0.1) is 0 Å². The molecule has 4 nitrogen and oxygen atoms in total. The molecule has 2 rings (SSSR count). The van der Waals surface area contributed by atoms with Gasteiger partial charge in [0.25, 0.3) is 0 Å². The van der Waals surface area contributed by atoms with Crippen molar-refractivity contribution in [2.45, 2.75) is 57.5 Å². The van der Waals surface area contributed by atoms with E-state index in [9.17, 15) is 4.79 Å². The van der Waals surface area contributed by atoms with E-state index in [4.69, 9.17) is 9.84 Å². The molecule has 1 atom stereocenters. The molecule has 19 heavy (non-hydrogen) atoms. The van der Waals surface area contributed by atoms with Crippen molar-refractivity contribution in [2.24, 2.45) is 5.92 Å². The molecule has 2 aliphatic rings. The van der Waals surface area contributed by atoms with Crippen LogP contribution in [0.15, 0.2) is 0 Å². The van der Waals surface area contributed by atoms with Gasteiger partial charge in [0.1, 0.15) is 0 Å². The van der Waals surface area contributed by atoms with Crippen molar-refractivity contribution in [3.8, 4) is 0 Å². The van der Waals surface area contributed by atoms with Crippen LogP contribution in [0.1, 0.15) is 51.4 Å². The Morgan fingerprint density at radius 3 is 2.63 bits per heavy atom. The van der Waals surface area contributed by atoms with Crippen LogP contribution < -0.4 is 0 Å². The molecule has 0 spiro atoms. The largest absolute Gasteiger partial charge is 0.481 e. The van der Waals surface area contributed by atoms with Crippen LogP contribution in [0.5, 0.6) is 0 Å². The van der Waals surface area contributed by atoms with Gasteiger partial charge in [0.15, 0.2) is 0 Å². The van der Waals surface area contributed by atoms with E-state index in [2.05, 4.69) is 4.90 Å². The van der Waals surface area contributed by atoms with E-state index >= 15 is 0 Å². The van der Waals surface area contributed by atoms with Gasteiger partial charge in [-0.3, -0.25) is 4.79 Å². The van der Waals surface area contributed by atoms with Crippen LogP contribution in [0, 0.1) is 5.92 Å². The smallest absolute Gasteiger partial charge is 0.303 e. The summed E-state index contributed by atoms with van der Waals surface area (Å²) in [7, 11) is 0. The molecule has 2 heterocycles. The van der Waals surface area contributed by atoms with Gasteiger partial charge in [-0.25, -0.2) is 0 Å². The maximum Gasteiger partial charge on any atom is 0.303 e. The van der Waals surface area contributed by atoms with E-state index < -0.39 is 5.97 Å². The molecule has 1 N–H and O–H groups in total. The molecule has 0 bridgehead atoms. The van der Waals surface area contributed by atoms with Crippen LogP contribution >= 0.6 is 0 Å². The highest BCUT2D eigenvalue weighted by Gasteiger charge is 2.20. The highest BCUT2D eigenvalue weighted by Crippen LogP contribution is 2.23. The zero-order chi connectivity index (χ0) is 13.5. The number of rotatable bonds is 7. The van der Waals surface area contributed by atoms with Crippen LogP contribution in [0.25, 0.3) is 0 Å². The number of piperidine rings is 1. The monoisotopic (exact) mass is 269 g/mol. The van der Waals surface area contributed by atoms with Gasteiger partial charge < -0.3 is 14.7 Å². The molecule has 4 heteroatoms. The van der Waals surface area contributed by atoms with E-state index in [1.807, 2.05) is 0 Å². The molecular weight excluding hydrogens is 242 g/mol. The quantitative estimate of drug-likeness (QED) is 0.771. The van der Waals surface area contributed by atoms with Crippen molar-refractivity contribution in [2.75, 3.05) is 26.2 Å². The van der Waals surface area contributed by atoms with Crippen molar-refractivity contribution >= 4 is 5.97 Å². The number of hydrogen-bond donors (Lipinski definition) is 1. The summed E-state index contributed by atoms with van der Waals surface area (Å²) in [6.45, 7) is 4.44. The first kappa shape index (κ1) is 14.8. The first-order valence-corrected chi connectivity index (χ1v) is 7.80. The molecule has 0 aromatic heterocycles. The van der Waals surface area contributed by atoms with Gasteiger partial charge >= 0.3 is 5.97 Å². The Balaban J connectivity index is 1.52. The minimum absolute atomic E-state index is 0.337. The molecule has 0 aliphatic carbocycles. The topological polar surface area (TPSA) is 49.8 Å². The Hall–Kier alpha value is -0.610. The Kier molecular flexibility index (Phi) is 6.11. The molecule has 0 amide bonds. The van der Waals surface area contributed by atoms with Crippen LogP contribution in [-0.4, -0.2) is 48.3 Å². The van der Waals surface area contributed by atoms with Gasteiger partial charge in [-0.2, -0.15) is 0 Å². The zero-order valence-corrected chi connectivity index (χ0v) is 11.9. The van der Waals surface area contributed by atoms with Gasteiger partial charge in [0.05, 0.1) is 6.10 Å². The van der Waals surface area contributed by atoms with Crippen molar-refractivity contribution in [1.29, 1.82) is 0 Å².